The molecule has 3 aromatic rings. The van der Waals surface area contributed by atoms with E-state index < -0.39 is 0 Å². The van der Waals surface area contributed by atoms with Gasteiger partial charge in [0, 0.05) is 26.4 Å². The Hall–Kier alpha value is -1.95. The van der Waals surface area contributed by atoms with Crippen LogP contribution in [0.4, 0.5) is 5.69 Å². The van der Waals surface area contributed by atoms with Crippen molar-refractivity contribution < 1.29 is 4.79 Å². The van der Waals surface area contributed by atoms with E-state index in [0.717, 1.165) is 31.3 Å². The van der Waals surface area contributed by atoms with Crippen molar-refractivity contribution in [1.82, 2.24) is 4.98 Å². The van der Waals surface area contributed by atoms with Crippen molar-refractivity contribution in [3.8, 4) is 0 Å². The molecule has 4 heteroatoms. The minimum atomic E-state index is 0.0757. The molecule has 0 radical (unpaired) electrons. The first-order valence-electron chi connectivity index (χ1n) is 6.67. The van der Waals surface area contributed by atoms with Gasteiger partial charge < -0.3 is 4.90 Å². The van der Waals surface area contributed by atoms with Crippen molar-refractivity contribution in [2.24, 2.45) is 0 Å². The number of rotatable bonds is 1. The lowest BCUT2D eigenvalue weighted by molar-refractivity contribution is 0.0996. The number of halogens is 1. The second-order valence-electron chi connectivity index (χ2n) is 5.07. The van der Waals surface area contributed by atoms with E-state index >= 15 is 0 Å². The minimum Gasteiger partial charge on any atom is -0.304 e. The van der Waals surface area contributed by atoms with Gasteiger partial charge in [-0.1, -0.05) is 12.1 Å². The van der Waals surface area contributed by atoms with Crippen LogP contribution in [0.3, 0.4) is 0 Å². The van der Waals surface area contributed by atoms with Gasteiger partial charge in [-0.05, 0) is 64.6 Å². The van der Waals surface area contributed by atoms with Crippen molar-refractivity contribution >= 4 is 45.1 Å². The number of anilines is 1. The maximum atomic E-state index is 12.6. The van der Waals surface area contributed by atoms with E-state index in [0.29, 0.717) is 6.54 Å². The minimum absolute atomic E-state index is 0.0757. The average molecular weight is 386 g/mol. The van der Waals surface area contributed by atoms with Gasteiger partial charge >= 0.3 is 0 Å². The highest BCUT2D eigenvalue weighted by Crippen LogP contribution is 2.30. The van der Waals surface area contributed by atoms with Crippen LogP contribution in [0.1, 0.15) is 15.9 Å². The molecule has 0 N–H and O–H groups in total. The molecule has 102 valence electrons. The summed E-state index contributed by atoms with van der Waals surface area (Å²) in [5.41, 5.74) is 3.77. The summed E-state index contributed by atoms with van der Waals surface area (Å²) in [6.07, 6.45) is 1.78. The predicted molar refractivity (Wildman–Crippen MR) is 91.4 cm³/mol. The quantitative estimate of drug-likeness (QED) is 0.593. The van der Waals surface area contributed by atoms with Crippen LogP contribution in [0, 0.1) is 3.57 Å². The maximum Gasteiger partial charge on any atom is 0.258 e. The van der Waals surface area contributed by atoms with Gasteiger partial charge in [-0.3, -0.25) is 9.78 Å². The summed E-state index contributed by atoms with van der Waals surface area (Å²) < 4.78 is 1.09. The second kappa shape index (κ2) is 4.80. The number of nitrogens with zero attached hydrogens (tertiary/aromatic N) is 2. The normalized spacial score (nSPS) is 13.8. The third kappa shape index (κ3) is 2.10. The van der Waals surface area contributed by atoms with Crippen LogP contribution >= 0.6 is 22.6 Å². The van der Waals surface area contributed by atoms with Gasteiger partial charge in [0.1, 0.15) is 0 Å². The number of carbonyl (C=O) groups excluding carboxylic acids is 1. The molecule has 0 aliphatic carbocycles. The van der Waals surface area contributed by atoms with Crippen LogP contribution in [-0.2, 0) is 6.54 Å². The number of aromatic nitrogens is 1. The molecule has 0 saturated heterocycles. The molecule has 2 heterocycles. The molecule has 0 spiro atoms. The van der Waals surface area contributed by atoms with Crippen LogP contribution in [0.25, 0.3) is 10.9 Å². The first kappa shape index (κ1) is 12.8. The van der Waals surface area contributed by atoms with Crippen LogP contribution in [0.15, 0.2) is 54.7 Å². The summed E-state index contributed by atoms with van der Waals surface area (Å²) in [6, 6.07) is 15.9. The van der Waals surface area contributed by atoms with Crippen molar-refractivity contribution in [2.45, 2.75) is 6.54 Å². The molecule has 3 nitrogen and oxygen atoms in total. The number of hydrogen-bond acceptors (Lipinski definition) is 2. The molecule has 0 atom stereocenters. The number of hydrogen-bond donors (Lipinski definition) is 0. The molecule has 2 aromatic carbocycles. The Morgan fingerprint density at radius 1 is 1.10 bits per heavy atom. The molecule has 4 rings (SSSR count). The van der Waals surface area contributed by atoms with Crippen molar-refractivity contribution in [3.63, 3.8) is 0 Å². The van der Waals surface area contributed by atoms with Gasteiger partial charge in [-0.2, -0.15) is 0 Å². The van der Waals surface area contributed by atoms with Crippen molar-refractivity contribution in [1.29, 1.82) is 0 Å². The molecule has 0 fully saturated rings. The second-order valence-corrected chi connectivity index (χ2v) is 6.32. The van der Waals surface area contributed by atoms with Crippen LogP contribution in [-0.4, -0.2) is 10.9 Å². The first-order valence-corrected chi connectivity index (χ1v) is 7.75. The molecule has 0 unspecified atom stereocenters. The molecular formula is C17H11IN2O. The lowest BCUT2D eigenvalue weighted by Crippen LogP contribution is -2.22. The van der Waals surface area contributed by atoms with E-state index in [-0.39, 0.29) is 5.91 Å². The van der Waals surface area contributed by atoms with E-state index in [1.807, 2.05) is 53.4 Å². The summed E-state index contributed by atoms with van der Waals surface area (Å²) in [4.78, 5) is 18.7. The molecular weight excluding hydrogens is 375 g/mol. The fourth-order valence-corrected chi connectivity index (χ4v) is 3.20. The standard InChI is InChI=1S/C17H11IN2O/c18-13-4-3-12-10-20(17(21)15(12)9-13)14-5-6-16-11(8-14)2-1-7-19-16/h1-9H,10H2. The smallest absolute Gasteiger partial charge is 0.258 e. The van der Waals surface area contributed by atoms with E-state index in [1.54, 1.807) is 6.20 Å². The highest BCUT2D eigenvalue weighted by molar-refractivity contribution is 14.1. The fraction of sp³-hybridized carbons (Fsp3) is 0.0588. The van der Waals surface area contributed by atoms with Crippen molar-refractivity contribution in [2.75, 3.05) is 4.90 Å². The number of amides is 1. The summed E-state index contributed by atoms with van der Waals surface area (Å²) in [6.45, 7) is 0.636. The molecule has 1 amide bonds. The third-order valence-corrected chi connectivity index (χ3v) is 4.45. The number of fused-ring (bicyclic) bond motifs is 2. The van der Waals surface area contributed by atoms with Crippen LogP contribution in [0.5, 0.6) is 0 Å². The van der Waals surface area contributed by atoms with Gasteiger partial charge in [0.05, 0.1) is 12.1 Å². The topological polar surface area (TPSA) is 33.2 Å². The molecule has 0 saturated carbocycles. The Labute approximate surface area is 135 Å². The monoisotopic (exact) mass is 386 g/mol. The van der Waals surface area contributed by atoms with Gasteiger partial charge in [-0.25, -0.2) is 0 Å². The maximum absolute atomic E-state index is 12.6. The summed E-state index contributed by atoms with van der Waals surface area (Å²) in [5.74, 6) is 0.0757. The largest absolute Gasteiger partial charge is 0.304 e. The van der Waals surface area contributed by atoms with E-state index in [9.17, 15) is 4.79 Å². The third-order valence-electron chi connectivity index (χ3n) is 3.77. The highest BCUT2D eigenvalue weighted by atomic mass is 127. The Morgan fingerprint density at radius 2 is 2.00 bits per heavy atom. The number of pyridine rings is 1. The Bertz CT molecular complexity index is 876. The molecule has 1 aromatic heterocycles. The highest BCUT2D eigenvalue weighted by Gasteiger charge is 2.28. The predicted octanol–water partition coefficient (Wildman–Crippen LogP) is 4.00. The Kier molecular flexibility index (Phi) is 2.92. The van der Waals surface area contributed by atoms with Crippen LogP contribution < -0.4 is 4.90 Å². The Morgan fingerprint density at radius 3 is 2.90 bits per heavy atom. The van der Waals surface area contributed by atoms with Gasteiger partial charge in [-0.15, -0.1) is 0 Å². The molecule has 1 aliphatic heterocycles. The summed E-state index contributed by atoms with van der Waals surface area (Å²) in [7, 11) is 0. The molecule has 21 heavy (non-hydrogen) atoms. The lowest BCUT2D eigenvalue weighted by atomic mass is 10.1. The van der Waals surface area contributed by atoms with E-state index in [1.165, 1.54) is 0 Å². The zero-order chi connectivity index (χ0) is 14.4. The van der Waals surface area contributed by atoms with Gasteiger partial charge in [0.15, 0.2) is 0 Å². The molecule has 0 bridgehead atoms. The van der Waals surface area contributed by atoms with E-state index in [4.69, 9.17) is 0 Å². The number of benzene rings is 2. The van der Waals surface area contributed by atoms with Gasteiger partial charge in [0.2, 0.25) is 0 Å². The Balaban J connectivity index is 1.78. The van der Waals surface area contributed by atoms with Gasteiger partial charge in [0.25, 0.3) is 5.91 Å². The summed E-state index contributed by atoms with van der Waals surface area (Å²) >= 11 is 2.24. The average Bonchev–Trinajstić information content (AvgIpc) is 2.84. The lowest BCUT2D eigenvalue weighted by Gasteiger charge is -2.16. The number of carbonyl (C=O) groups is 1. The van der Waals surface area contributed by atoms with Crippen LogP contribution in [0.2, 0.25) is 0 Å². The zero-order valence-electron chi connectivity index (χ0n) is 11.1. The van der Waals surface area contributed by atoms with Crippen molar-refractivity contribution in [3.05, 3.63) is 69.4 Å². The fourth-order valence-electron chi connectivity index (χ4n) is 2.71. The first-order chi connectivity index (χ1) is 10.2. The van der Waals surface area contributed by atoms with E-state index in [2.05, 4.69) is 27.6 Å². The molecule has 1 aliphatic rings. The SMILES string of the molecule is O=C1c2cc(I)ccc2CN1c1ccc2ncccc2c1. The zero-order valence-corrected chi connectivity index (χ0v) is 13.2. The summed E-state index contributed by atoms with van der Waals surface area (Å²) in [5, 5.41) is 1.05.